The van der Waals surface area contributed by atoms with Crippen molar-refractivity contribution < 1.29 is 9.90 Å². The summed E-state index contributed by atoms with van der Waals surface area (Å²) in [7, 11) is 0. The summed E-state index contributed by atoms with van der Waals surface area (Å²) in [6.45, 7) is 3.54. The van der Waals surface area contributed by atoms with Gasteiger partial charge in [-0.25, -0.2) is 19.7 Å². The molecule has 3 aromatic heterocycles. The predicted octanol–water partition coefficient (Wildman–Crippen LogP) is 2.79. The van der Waals surface area contributed by atoms with Crippen molar-refractivity contribution in [1.29, 1.82) is 0 Å². The van der Waals surface area contributed by atoms with E-state index >= 15 is 0 Å². The number of fused-ring (bicyclic) bond motifs is 1. The van der Waals surface area contributed by atoms with Gasteiger partial charge in [0, 0.05) is 30.9 Å². The van der Waals surface area contributed by atoms with Crippen LogP contribution in [0.5, 0.6) is 0 Å². The predicted molar refractivity (Wildman–Crippen MR) is 91.5 cm³/mol. The fourth-order valence-corrected chi connectivity index (χ4v) is 4.00. The molecule has 0 radical (unpaired) electrons. The SMILES string of the molecule is Cc1c(C(=O)O)sc2ncnc(NCC3(Cn4ccnc4)CC3)c12. The Labute approximate surface area is 142 Å². The van der Waals surface area contributed by atoms with Gasteiger partial charge in [-0.15, -0.1) is 11.3 Å². The Morgan fingerprint density at radius 1 is 1.46 bits per heavy atom. The number of aromatic carboxylic acids is 1. The van der Waals surface area contributed by atoms with Crippen molar-refractivity contribution >= 4 is 33.3 Å². The van der Waals surface area contributed by atoms with Gasteiger partial charge in [-0.3, -0.25) is 0 Å². The van der Waals surface area contributed by atoms with E-state index in [1.807, 2.05) is 19.4 Å². The highest BCUT2D eigenvalue weighted by Gasteiger charge is 2.42. The van der Waals surface area contributed by atoms with Crippen molar-refractivity contribution in [3.63, 3.8) is 0 Å². The third kappa shape index (κ3) is 2.62. The molecule has 0 amide bonds. The zero-order valence-corrected chi connectivity index (χ0v) is 14.0. The van der Waals surface area contributed by atoms with Gasteiger partial charge in [-0.1, -0.05) is 0 Å². The number of hydrogen-bond acceptors (Lipinski definition) is 6. The first kappa shape index (κ1) is 15.1. The molecule has 1 fully saturated rings. The lowest BCUT2D eigenvalue weighted by atomic mass is 10.1. The molecule has 0 saturated heterocycles. The molecule has 4 rings (SSSR count). The van der Waals surface area contributed by atoms with E-state index in [2.05, 4.69) is 24.8 Å². The van der Waals surface area contributed by atoms with Crippen molar-refractivity contribution in [1.82, 2.24) is 19.5 Å². The van der Waals surface area contributed by atoms with Crippen LogP contribution in [0.15, 0.2) is 25.0 Å². The second-order valence-electron chi connectivity index (χ2n) is 6.35. The molecular formula is C16H17N5O2S. The second kappa shape index (κ2) is 5.55. The topological polar surface area (TPSA) is 92.9 Å². The summed E-state index contributed by atoms with van der Waals surface area (Å²) >= 11 is 1.20. The number of carboxylic acids is 1. The monoisotopic (exact) mass is 343 g/mol. The average Bonchev–Trinajstić information content (AvgIpc) is 2.96. The lowest BCUT2D eigenvalue weighted by Gasteiger charge is -2.17. The fourth-order valence-electron chi connectivity index (χ4n) is 3.02. The van der Waals surface area contributed by atoms with Crippen LogP contribution in [-0.2, 0) is 6.54 Å². The number of aryl methyl sites for hydroxylation is 1. The van der Waals surface area contributed by atoms with E-state index in [1.165, 1.54) is 17.7 Å². The van der Waals surface area contributed by atoms with Crippen LogP contribution in [0.3, 0.4) is 0 Å². The maximum atomic E-state index is 11.3. The molecule has 1 saturated carbocycles. The third-order valence-corrected chi connectivity index (χ3v) is 5.77. The van der Waals surface area contributed by atoms with Crippen molar-refractivity contribution in [2.24, 2.45) is 5.41 Å². The van der Waals surface area contributed by atoms with Crippen LogP contribution in [0, 0.1) is 12.3 Å². The van der Waals surface area contributed by atoms with E-state index in [0.29, 0.717) is 9.71 Å². The van der Waals surface area contributed by atoms with E-state index in [1.54, 1.807) is 6.20 Å². The normalized spacial score (nSPS) is 15.5. The summed E-state index contributed by atoms with van der Waals surface area (Å²) < 4.78 is 2.10. The average molecular weight is 343 g/mol. The smallest absolute Gasteiger partial charge is 0.346 e. The number of imidazole rings is 1. The highest BCUT2D eigenvalue weighted by Crippen LogP contribution is 2.47. The molecule has 0 spiro atoms. The molecular weight excluding hydrogens is 326 g/mol. The molecule has 1 aliphatic carbocycles. The molecule has 3 heterocycles. The summed E-state index contributed by atoms with van der Waals surface area (Å²) in [5.41, 5.74) is 0.947. The van der Waals surface area contributed by atoms with Crippen molar-refractivity contribution in [3.05, 3.63) is 35.5 Å². The minimum Gasteiger partial charge on any atom is -0.477 e. The maximum absolute atomic E-state index is 11.3. The van der Waals surface area contributed by atoms with Gasteiger partial charge in [-0.05, 0) is 25.3 Å². The number of carboxylic acid groups (broad SMARTS) is 1. The summed E-state index contributed by atoms with van der Waals surface area (Å²) in [4.78, 5) is 25.0. The standard InChI is InChI=1S/C16H17N5O2S/c1-10-11-13(19-8-20-14(11)24-12(10)15(22)23)18-6-16(2-3-16)7-21-5-4-17-9-21/h4-5,8-9H,2-3,6-7H2,1H3,(H,22,23)(H,18,19,20). The lowest BCUT2D eigenvalue weighted by Crippen LogP contribution is -2.21. The first-order valence-corrected chi connectivity index (χ1v) is 8.57. The fraction of sp³-hybridized carbons (Fsp3) is 0.375. The minimum atomic E-state index is -0.916. The van der Waals surface area contributed by atoms with Crippen LogP contribution in [-0.4, -0.2) is 37.1 Å². The molecule has 3 aromatic rings. The molecule has 24 heavy (non-hydrogen) atoms. The Hall–Kier alpha value is -2.48. The number of thiophene rings is 1. The molecule has 0 unspecified atom stereocenters. The number of aromatic nitrogens is 4. The molecule has 0 aliphatic heterocycles. The van der Waals surface area contributed by atoms with Gasteiger partial charge < -0.3 is 15.0 Å². The van der Waals surface area contributed by atoms with Crippen LogP contribution in [0.25, 0.3) is 10.2 Å². The van der Waals surface area contributed by atoms with Gasteiger partial charge in [0.15, 0.2) is 0 Å². The molecule has 7 nitrogen and oxygen atoms in total. The Balaban J connectivity index is 1.58. The van der Waals surface area contributed by atoms with E-state index in [-0.39, 0.29) is 5.41 Å². The number of nitrogens with one attached hydrogen (secondary N) is 1. The van der Waals surface area contributed by atoms with Crippen LogP contribution < -0.4 is 5.32 Å². The van der Waals surface area contributed by atoms with Crippen molar-refractivity contribution in [3.8, 4) is 0 Å². The van der Waals surface area contributed by atoms with Gasteiger partial charge in [0.1, 0.15) is 21.9 Å². The minimum absolute atomic E-state index is 0.220. The number of carbonyl (C=O) groups is 1. The quantitative estimate of drug-likeness (QED) is 0.715. The lowest BCUT2D eigenvalue weighted by molar-refractivity contribution is 0.0701. The van der Waals surface area contributed by atoms with Crippen LogP contribution in [0.2, 0.25) is 0 Å². The Kier molecular flexibility index (Phi) is 3.49. The number of rotatable bonds is 6. The third-order valence-electron chi connectivity index (χ3n) is 4.59. The van der Waals surface area contributed by atoms with Gasteiger partial charge in [0.05, 0.1) is 11.7 Å². The zero-order chi connectivity index (χ0) is 16.7. The maximum Gasteiger partial charge on any atom is 0.346 e. The van der Waals surface area contributed by atoms with Crippen LogP contribution in [0.1, 0.15) is 28.1 Å². The largest absolute Gasteiger partial charge is 0.477 e. The van der Waals surface area contributed by atoms with E-state index in [0.717, 1.165) is 42.7 Å². The first-order valence-electron chi connectivity index (χ1n) is 7.75. The molecule has 0 atom stereocenters. The molecule has 8 heteroatoms. The number of hydrogen-bond donors (Lipinski definition) is 2. The zero-order valence-electron chi connectivity index (χ0n) is 13.2. The highest BCUT2D eigenvalue weighted by molar-refractivity contribution is 7.20. The van der Waals surface area contributed by atoms with Gasteiger partial charge in [-0.2, -0.15) is 0 Å². The van der Waals surface area contributed by atoms with Gasteiger partial charge in [0.25, 0.3) is 0 Å². The molecule has 2 N–H and O–H groups in total. The number of nitrogens with zero attached hydrogens (tertiary/aromatic N) is 4. The van der Waals surface area contributed by atoms with Gasteiger partial charge >= 0.3 is 5.97 Å². The van der Waals surface area contributed by atoms with Crippen molar-refractivity contribution in [2.45, 2.75) is 26.3 Å². The Morgan fingerprint density at radius 2 is 2.29 bits per heavy atom. The van der Waals surface area contributed by atoms with Crippen LogP contribution in [0.4, 0.5) is 5.82 Å². The summed E-state index contributed by atoms with van der Waals surface area (Å²) in [5.74, 6) is -0.196. The second-order valence-corrected chi connectivity index (χ2v) is 7.35. The molecule has 0 aromatic carbocycles. The first-order chi connectivity index (χ1) is 11.6. The van der Waals surface area contributed by atoms with Crippen molar-refractivity contribution in [2.75, 3.05) is 11.9 Å². The molecule has 0 bridgehead atoms. The van der Waals surface area contributed by atoms with E-state index < -0.39 is 5.97 Å². The Morgan fingerprint density at radius 3 is 2.96 bits per heavy atom. The Bertz CT molecular complexity index is 899. The summed E-state index contributed by atoms with van der Waals surface area (Å²) in [6.07, 6.45) is 9.42. The van der Waals surface area contributed by atoms with E-state index in [4.69, 9.17) is 0 Å². The molecule has 1 aliphatic rings. The van der Waals surface area contributed by atoms with Gasteiger partial charge in [0.2, 0.25) is 0 Å². The van der Waals surface area contributed by atoms with Crippen LogP contribution >= 0.6 is 11.3 Å². The number of anilines is 1. The highest BCUT2D eigenvalue weighted by atomic mass is 32.1. The summed E-state index contributed by atoms with van der Waals surface area (Å²) in [5, 5.41) is 13.5. The summed E-state index contributed by atoms with van der Waals surface area (Å²) in [6, 6.07) is 0. The molecule has 124 valence electrons. The van der Waals surface area contributed by atoms with E-state index in [9.17, 15) is 9.90 Å².